The van der Waals surface area contributed by atoms with Crippen LogP contribution in [0.3, 0.4) is 0 Å². The fourth-order valence-electron chi connectivity index (χ4n) is 2.34. The molecule has 3 heteroatoms. The predicted octanol–water partition coefficient (Wildman–Crippen LogP) is 2.10. The third-order valence-electron chi connectivity index (χ3n) is 3.15. The number of halogens is 1. The molecule has 2 nitrogen and oxygen atoms in total. The summed E-state index contributed by atoms with van der Waals surface area (Å²) in [4.78, 5) is 3.15. The maximum Gasteiger partial charge on any atom is 0.0325 e. The van der Waals surface area contributed by atoms with Gasteiger partial charge in [0.05, 0.1) is 0 Å². The molecular formula is C13H19BrN2. The van der Waals surface area contributed by atoms with Crippen molar-refractivity contribution in [3.63, 3.8) is 0 Å². The monoisotopic (exact) mass is 282 g/mol. The fourth-order valence-corrected chi connectivity index (χ4v) is 3.11. The van der Waals surface area contributed by atoms with Crippen molar-refractivity contribution in [1.29, 1.82) is 0 Å². The molecule has 1 N–H and O–H groups in total. The Kier molecular flexibility index (Phi) is 4.38. The smallest absolute Gasteiger partial charge is 0.0325 e. The summed E-state index contributed by atoms with van der Waals surface area (Å²) in [5, 5.41) is 3.27. The van der Waals surface area contributed by atoms with Crippen molar-refractivity contribution < 1.29 is 0 Å². The van der Waals surface area contributed by atoms with Gasteiger partial charge in [-0.1, -0.05) is 46.3 Å². The van der Waals surface area contributed by atoms with E-state index in [0.29, 0.717) is 4.83 Å². The van der Waals surface area contributed by atoms with Crippen LogP contribution >= 0.6 is 15.9 Å². The standard InChI is InChI=1S/C13H19BrN2/c1-15-7-12-9-16(10-13(12)14)8-11-5-3-2-4-6-11/h2-6,12-13,15H,7-10H2,1H3. The van der Waals surface area contributed by atoms with E-state index in [0.717, 1.165) is 25.6 Å². The Morgan fingerprint density at radius 2 is 2.06 bits per heavy atom. The van der Waals surface area contributed by atoms with Crippen molar-refractivity contribution in [3.05, 3.63) is 35.9 Å². The van der Waals surface area contributed by atoms with Crippen LogP contribution in [0, 0.1) is 5.92 Å². The molecule has 1 aromatic carbocycles. The zero-order valence-corrected chi connectivity index (χ0v) is 11.3. The molecule has 0 amide bonds. The van der Waals surface area contributed by atoms with Crippen molar-refractivity contribution in [2.45, 2.75) is 11.4 Å². The highest BCUT2D eigenvalue weighted by Crippen LogP contribution is 2.24. The van der Waals surface area contributed by atoms with Crippen LogP contribution in [0.15, 0.2) is 30.3 Å². The molecule has 0 radical (unpaired) electrons. The Morgan fingerprint density at radius 3 is 2.75 bits per heavy atom. The first-order chi connectivity index (χ1) is 7.79. The number of hydrogen-bond acceptors (Lipinski definition) is 2. The summed E-state index contributed by atoms with van der Waals surface area (Å²) in [7, 11) is 2.03. The first kappa shape index (κ1) is 12.1. The zero-order valence-electron chi connectivity index (χ0n) is 9.70. The number of likely N-dealkylation sites (tertiary alicyclic amines) is 1. The Balaban J connectivity index is 1.89. The summed E-state index contributed by atoms with van der Waals surface area (Å²) in [5.74, 6) is 0.730. The molecular weight excluding hydrogens is 264 g/mol. The van der Waals surface area contributed by atoms with E-state index in [2.05, 4.69) is 56.5 Å². The lowest BCUT2D eigenvalue weighted by Gasteiger charge is -2.15. The molecule has 1 saturated heterocycles. The minimum atomic E-state index is 0.628. The average molecular weight is 283 g/mol. The molecule has 0 saturated carbocycles. The Morgan fingerprint density at radius 1 is 1.31 bits per heavy atom. The fraction of sp³-hybridized carbons (Fsp3) is 0.538. The molecule has 0 bridgehead atoms. The lowest BCUT2D eigenvalue weighted by atomic mass is 10.1. The van der Waals surface area contributed by atoms with Gasteiger partial charge in [-0.2, -0.15) is 0 Å². The SMILES string of the molecule is CNCC1CN(Cc2ccccc2)CC1Br. The summed E-state index contributed by atoms with van der Waals surface area (Å²) in [6, 6.07) is 10.7. The minimum Gasteiger partial charge on any atom is -0.319 e. The van der Waals surface area contributed by atoms with Crippen LogP contribution in [0.25, 0.3) is 0 Å². The second-order valence-corrected chi connectivity index (χ2v) is 5.69. The van der Waals surface area contributed by atoms with E-state index in [1.54, 1.807) is 0 Å². The number of nitrogens with one attached hydrogen (secondary N) is 1. The highest BCUT2D eigenvalue weighted by molar-refractivity contribution is 9.09. The highest BCUT2D eigenvalue weighted by atomic mass is 79.9. The van der Waals surface area contributed by atoms with Crippen LogP contribution in [0.2, 0.25) is 0 Å². The van der Waals surface area contributed by atoms with Crippen LogP contribution in [0.5, 0.6) is 0 Å². The van der Waals surface area contributed by atoms with Gasteiger partial charge < -0.3 is 5.32 Å². The molecule has 1 aromatic rings. The van der Waals surface area contributed by atoms with Gasteiger partial charge in [0, 0.05) is 24.5 Å². The maximum atomic E-state index is 3.78. The summed E-state index contributed by atoms with van der Waals surface area (Å²) in [6.45, 7) is 4.51. The molecule has 0 spiro atoms. The van der Waals surface area contributed by atoms with Crippen LogP contribution < -0.4 is 5.32 Å². The molecule has 2 rings (SSSR count). The van der Waals surface area contributed by atoms with Crippen LogP contribution in [-0.2, 0) is 6.54 Å². The summed E-state index contributed by atoms with van der Waals surface area (Å²) < 4.78 is 0. The summed E-state index contributed by atoms with van der Waals surface area (Å²) in [6.07, 6.45) is 0. The highest BCUT2D eigenvalue weighted by Gasteiger charge is 2.29. The van der Waals surface area contributed by atoms with Gasteiger partial charge in [-0.3, -0.25) is 4.90 Å². The van der Waals surface area contributed by atoms with Crippen molar-refractivity contribution in [2.75, 3.05) is 26.7 Å². The van der Waals surface area contributed by atoms with Gasteiger partial charge in [0.2, 0.25) is 0 Å². The quantitative estimate of drug-likeness (QED) is 0.851. The largest absolute Gasteiger partial charge is 0.319 e. The predicted molar refractivity (Wildman–Crippen MR) is 71.9 cm³/mol. The second kappa shape index (κ2) is 5.80. The molecule has 1 heterocycles. The van der Waals surface area contributed by atoms with E-state index >= 15 is 0 Å². The van der Waals surface area contributed by atoms with Gasteiger partial charge in [-0.15, -0.1) is 0 Å². The summed E-state index contributed by atoms with van der Waals surface area (Å²) in [5.41, 5.74) is 1.41. The molecule has 1 fully saturated rings. The first-order valence-corrected chi connectivity index (χ1v) is 6.76. The third kappa shape index (κ3) is 3.06. The van der Waals surface area contributed by atoms with Crippen molar-refractivity contribution in [2.24, 2.45) is 5.92 Å². The van der Waals surface area contributed by atoms with Crippen LogP contribution in [0.1, 0.15) is 5.56 Å². The summed E-state index contributed by atoms with van der Waals surface area (Å²) >= 11 is 3.78. The third-order valence-corrected chi connectivity index (χ3v) is 4.19. The van der Waals surface area contributed by atoms with Gasteiger partial charge in [0.15, 0.2) is 0 Å². The van der Waals surface area contributed by atoms with Gasteiger partial charge in [-0.05, 0) is 25.1 Å². The lowest BCUT2D eigenvalue weighted by Crippen LogP contribution is -2.25. The molecule has 0 aromatic heterocycles. The van der Waals surface area contributed by atoms with E-state index in [9.17, 15) is 0 Å². The van der Waals surface area contributed by atoms with Gasteiger partial charge in [0.1, 0.15) is 0 Å². The van der Waals surface area contributed by atoms with Crippen molar-refractivity contribution in [1.82, 2.24) is 10.2 Å². The van der Waals surface area contributed by atoms with E-state index in [4.69, 9.17) is 0 Å². The Bertz CT molecular complexity index is 315. The molecule has 0 aliphatic carbocycles. The van der Waals surface area contributed by atoms with E-state index in [1.807, 2.05) is 7.05 Å². The normalized spacial score (nSPS) is 26.1. The van der Waals surface area contributed by atoms with E-state index in [1.165, 1.54) is 12.1 Å². The molecule has 2 atom stereocenters. The molecule has 88 valence electrons. The van der Waals surface area contributed by atoms with E-state index < -0.39 is 0 Å². The van der Waals surface area contributed by atoms with Crippen molar-refractivity contribution >= 4 is 15.9 Å². The molecule has 16 heavy (non-hydrogen) atoms. The lowest BCUT2D eigenvalue weighted by molar-refractivity contribution is 0.315. The zero-order chi connectivity index (χ0) is 11.4. The molecule has 1 aliphatic heterocycles. The Labute approximate surface area is 106 Å². The van der Waals surface area contributed by atoms with Crippen molar-refractivity contribution in [3.8, 4) is 0 Å². The minimum absolute atomic E-state index is 0.628. The Hall–Kier alpha value is -0.380. The first-order valence-electron chi connectivity index (χ1n) is 5.84. The number of alkyl halides is 1. The van der Waals surface area contributed by atoms with Gasteiger partial charge in [0.25, 0.3) is 0 Å². The number of nitrogens with zero attached hydrogens (tertiary/aromatic N) is 1. The number of hydrogen-bond donors (Lipinski definition) is 1. The number of benzene rings is 1. The van der Waals surface area contributed by atoms with Gasteiger partial charge in [-0.25, -0.2) is 0 Å². The van der Waals surface area contributed by atoms with Crippen LogP contribution in [0.4, 0.5) is 0 Å². The van der Waals surface area contributed by atoms with E-state index in [-0.39, 0.29) is 0 Å². The number of rotatable bonds is 4. The van der Waals surface area contributed by atoms with Crippen LogP contribution in [-0.4, -0.2) is 36.4 Å². The van der Waals surface area contributed by atoms with Gasteiger partial charge >= 0.3 is 0 Å². The maximum absolute atomic E-state index is 3.78. The average Bonchev–Trinajstić information content (AvgIpc) is 2.61. The molecule has 2 unspecified atom stereocenters. The molecule has 1 aliphatic rings. The topological polar surface area (TPSA) is 15.3 Å². The second-order valence-electron chi connectivity index (χ2n) is 4.51.